The molecule has 96 valence electrons. The summed E-state index contributed by atoms with van der Waals surface area (Å²) in [7, 11) is 0. The average Bonchev–Trinajstić information content (AvgIpc) is 2.41. The van der Waals surface area contributed by atoms with Crippen molar-refractivity contribution in [2.45, 2.75) is 6.54 Å². The summed E-state index contributed by atoms with van der Waals surface area (Å²) < 4.78 is 26.7. The molecule has 0 unspecified atom stereocenters. The Kier molecular flexibility index (Phi) is 3.98. The van der Waals surface area contributed by atoms with Gasteiger partial charge in [-0.05, 0) is 36.4 Å². The van der Waals surface area contributed by atoms with Crippen LogP contribution >= 0.6 is 11.6 Å². The van der Waals surface area contributed by atoms with Crippen molar-refractivity contribution in [2.75, 3.05) is 5.32 Å². The molecule has 0 atom stereocenters. The van der Waals surface area contributed by atoms with Gasteiger partial charge in [-0.1, -0.05) is 11.6 Å². The van der Waals surface area contributed by atoms with Gasteiger partial charge in [0.05, 0.1) is 16.7 Å². The number of hydrogen-bond acceptors (Lipinski definition) is 2. The second-order valence-electron chi connectivity index (χ2n) is 3.90. The molecule has 2 aromatic carbocycles. The number of halogens is 3. The summed E-state index contributed by atoms with van der Waals surface area (Å²) in [6.07, 6.45) is 0. The van der Waals surface area contributed by atoms with Gasteiger partial charge in [0, 0.05) is 17.8 Å². The average molecular weight is 279 g/mol. The Morgan fingerprint density at radius 1 is 1.11 bits per heavy atom. The van der Waals surface area contributed by atoms with Crippen LogP contribution in [-0.2, 0) is 6.54 Å². The standard InChI is InChI=1S/C14H9ClF2N2/c15-12-3-2-11(6-14(12)17)19-8-10-5-9(7-18)1-4-13(10)16/h1-6,19H,8H2. The molecule has 0 aromatic heterocycles. The number of benzene rings is 2. The first-order valence-corrected chi connectivity index (χ1v) is 5.85. The van der Waals surface area contributed by atoms with Crippen LogP contribution in [0.3, 0.4) is 0 Å². The van der Waals surface area contributed by atoms with Crippen molar-refractivity contribution in [3.05, 3.63) is 64.2 Å². The van der Waals surface area contributed by atoms with Crippen molar-refractivity contribution >= 4 is 17.3 Å². The fourth-order valence-electron chi connectivity index (χ4n) is 1.58. The molecule has 2 rings (SSSR count). The predicted molar refractivity (Wildman–Crippen MR) is 69.9 cm³/mol. The molecule has 0 saturated carbocycles. The Morgan fingerprint density at radius 3 is 2.58 bits per heavy atom. The molecule has 0 heterocycles. The molecule has 1 N–H and O–H groups in total. The van der Waals surface area contributed by atoms with Gasteiger partial charge < -0.3 is 5.32 Å². The minimum atomic E-state index is -0.544. The van der Waals surface area contributed by atoms with E-state index in [1.807, 2.05) is 6.07 Å². The highest BCUT2D eigenvalue weighted by Crippen LogP contribution is 2.20. The van der Waals surface area contributed by atoms with Crippen LogP contribution in [0.1, 0.15) is 11.1 Å². The lowest BCUT2D eigenvalue weighted by atomic mass is 10.1. The summed E-state index contributed by atoms with van der Waals surface area (Å²) in [6, 6.07) is 10.3. The van der Waals surface area contributed by atoms with Gasteiger partial charge >= 0.3 is 0 Å². The number of nitrogens with one attached hydrogen (secondary N) is 1. The number of nitrogens with zero attached hydrogens (tertiary/aromatic N) is 1. The lowest BCUT2D eigenvalue weighted by Gasteiger charge is -2.08. The smallest absolute Gasteiger partial charge is 0.143 e. The normalized spacial score (nSPS) is 10.0. The van der Waals surface area contributed by atoms with E-state index in [-0.39, 0.29) is 11.6 Å². The maximum Gasteiger partial charge on any atom is 0.143 e. The largest absolute Gasteiger partial charge is 0.381 e. The summed E-state index contributed by atoms with van der Waals surface area (Å²) in [5.74, 6) is -0.959. The zero-order valence-corrected chi connectivity index (χ0v) is 10.5. The van der Waals surface area contributed by atoms with E-state index in [0.29, 0.717) is 16.8 Å². The van der Waals surface area contributed by atoms with Crippen LogP contribution in [0.5, 0.6) is 0 Å². The number of anilines is 1. The summed E-state index contributed by atoms with van der Waals surface area (Å²) in [5, 5.41) is 11.7. The van der Waals surface area contributed by atoms with Crippen LogP contribution < -0.4 is 5.32 Å². The minimum Gasteiger partial charge on any atom is -0.381 e. The first kappa shape index (κ1) is 13.3. The van der Waals surface area contributed by atoms with E-state index in [9.17, 15) is 8.78 Å². The van der Waals surface area contributed by atoms with Crippen molar-refractivity contribution in [2.24, 2.45) is 0 Å². The summed E-state index contributed by atoms with van der Waals surface area (Å²) >= 11 is 5.56. The second kappa shape index (κ2) is 5.68. The maximum atomic E-state index is 13.5. The van der Waals surface area contributed by atoms with Crippen molar-refractivity contribution in [1.82, 2.24) is 0 Å². The highest BCUT2D eigenvalue weighted by atomic mass is 35.5. The van der Waals surface area contributed by atoms with Gasteiger partial charge in [0.15, 0.2) is 0 Å². The fraction of sp³-hybridized carbons (Fsp3) is 0.0714. The van der Waals surface area contributed by atoms with Crippen LogP contribution in [0.15, 0.2) is 36.4 Å². The number of rotatable bonds is 3. The molecule has 0 aliphatic carbocycles. The van der Waals surface area contributed by atoms with Gasteiger partial charge in [-0.3, -0.25) is 0 Å². The third-order valence-electron chi connectivity index (χ3n) is 2.58. The topological polar surface area (TPSA) is 35.8 Å². The Morgan fingerprint density at radius 2 is 1.89 bits per heavy atom. The highest BCUT2D eigenvalue weighted by molar-refractivity contribution is 6.30. The molecule has 0 amide bonds. The van der Waals surface area contributed by atoms with Crippen molar-refractivity contribution in [1.29, 1.82) is 5.26 Å². The molecule has 5 heteroatoms. The van der Waals surface area contributed by atoms with E-state index in [1.165, 1.54) is 30.3 Å². The van der Waals surface area contributed by atoms with E-state index < -0.39 is 11.6 Å². The van der Waals surface area contributed by atoms with Gasteiger partial charge in [-0.2, -0.15) is 5.26 Å². The van der Waals surface area contributed by atoms with Gasteiger partial charge in [0.25, 0.3) is 0 Å². The number of hydrogen-bond donors (Lipinski definition) is 1. The minimum absolute atomic E-state index is 0.0307. The van der Waals surface area contributed by atoms with Crippen LogP contribution in [0.2, 0.25) is 5.02 Å². The summed E-state index contributed by atoms with van der Waals surface area (Å²) in [4.78, 5) is 0. The van der Waals surface area contributed by atoms with E-state index in [1.54, 1.807) is 6.07 Å². The molecular formula is C14H9ClF2N2. The lowest BCUT2D eigenvalue weighted by Crippen LogP contribution is -2.02. The van der Waals surface area contributed by atoms with Gasteiger partial charge in [0.1, 0.15) is 11.6 Å². The lowest BCUT2D eigenvalue weighted by molar-refractivity contribution is 0.612. The second-order valence-corrected chi connectivity index (χ2v) is 4.31. The molecular weight excluding hydrogens is 270 g/mol. The maximum absolute atomic E-state index is 13.5. The van der Waals surface area contributed by atoms with E-state index in [2.05, 4.69) is 5.32 Å². The Labute approximate surface area is 114 Å². The van der Waals surface area contributed by atoms with Gasteiger partial charge in [0.2, 0.25) is 0 Å². The van der Waals surface area contributed by atoms with E-state index in [0.717, 1.165) is 0 Å². The fourth-order valence-corrected chi connectivity index (χ4v) is 1.70. The third-order valence-corrected chi connectivity index (χ3v) is 2.88. The molecule has 2 nitrogen and oxygen atoms in total. The van der Waals surface area contributed by atoms with Crippen molar-refractivity contribution in [3.63, 3.8) is 0 Å². The quantitative estimate of drug-likeness (QED) is 0.917. The van der Waals surface area contributed by atoms with Crippen LogP contribution in [0, 0.1) is 23.0 Å². The molecule has 0 saturated heterocycles. The molecule has 0 aliphatic rings. The zero-order chi connectivity index (χ0) is 13.8. The van der Waals surface area contributed by atoms with Crippen molar-refractivity contribution in [3.8, 4) is 6.07 Å². The van der Waals surface area contributed by atoms with Crippen molar-refractivity contribution < 1.29 is 8.78 Å². The molecule has 0 aliphatic heterocycles. The first-order chi connectivity index (χ1) is 9.10. The van der Waals surface area contributed by atoms with Gasteiger partial charge in [-0.15, -0.1) is 0 Å². The Bertz CT molecular complexity index is 650. The molecule has 2 aromatic rings. The van der Waals surface area contributed by atoms with Crippen LogP contribution in [-0.4, -0.2) is 0 Å². The van der Waals surface area contributed by atoms with E-state index in [4.69, 9.17) is 16.9 Å². The third kappa shape index (κ3) is 3.21. The summed E-state index contributed by atoms with van der Waals surface area (Å²) in [6.45, 7) is 0.155. The first-order valence-electron chi connectivity index (χ1n) is 5.47. The summed E-state index contributed by atoms with van der Waals surface area (Å²) in [5.41, 5.74) is 1.21. The van der Waals surface area contributed by atoms with Gasteiger partial charge in [-0.25, -0.2) is 8.78 Å². The Balaban J connectivity index is 2.14. The molecule has 0 spiro atoms. The van der Waals surface area contributed by atoms with E-state index >= 15 is 0 Å². The highest BCUT2D eigenvalue weighted by Gasteiger charge is 2.05. The SMILES string of the molecule is N#Cc1ccc(F)c(CNc2ccc(Cl)c(F)c2)c1. The zero-order valence-electron chi connectivity index (χ0n) is 9.75. The number of nitriles is 1. The monoisotopic (exact) mass is 278 g/mol. The molecule has 19 heavy (non-hydrogen) atoms. The predicted octanol–water partition coefficient (Wildman–Crippen LogP) is 4.10. The van der Waals surface area contributed by atoms with Crippen LogP contribution in [0.25, 0.3) is 0 Å². The molecule has 0 bridgehead atoms. The molecule has 0 fully saturated rings. The van der Waals surface area contributed by atoms with Crippen LogP contribution in [0.4, 0.5) is 14.5 Å². The Hall–Kier alpha value is -2.12. The molecule has 0 radical (unpaired) electrons.